The van der Waals surface area contributed by atoms with E-state index in [2.05, 4.69) is 5.32 Å². The third-order valence-corrected chi connectivity index (χ3v) is 4.91. The molecule has 9 heteroatoms. The van der Waals surface area contributed by atoms with Gasteiger partial charge < -0.3 is 24.6 Å². The lowest BCUT2D eigenvalue weighted by molar-refractivity contribution is -0.159. The number of carbonyl (C=O) groups excluding carboxylic acids is 3. The molecular weight excluding hydrogens is 454 g/mol. The number of amides is 1. The monoisotopic (exact) mass is 477 g/mol. The molecule has 0 aliphatic carbocycles. The van der Waals surface area contributed by atoms with E-state index in [-0.39, 0.29) is 17.7 Å². The normalized spacial score (nSPS) is 12.0. The van der Waals surface area contributed by atoms with Crippen molar-refractivity contribution >= 4 is 23.8 Å². The standard InChI is InChI=1S/C26H23NO8/c1-33-20-15-9-8-14-19(20)16-27-23(28)21(34-25(31)17-10-4-2-5-11-17)22(24(29)30)35-26(32)18-12-6-3-7-13-18/h2-15,21-22H,16H2,1H3,(H,27,28)(H,29,30)/t21-,22+/m1/s1. The van der Waals surface area contributed by atoms with Crippen LogP contribution >= 0.6 is 0 Å². The van der Waals surface area contributed by atoms with Crippen LogP contribution in [0, 0.1) is 0 Å². The van der Waals surface area contributed by atoms with E-state index in [4.69, 9.17) is 14.2 Å². The topological polar surface area (TPSA) is 128 Å². The summed E-state index contributed by atoms with van der Waals surface area (Å²) in [4.78, 5) is 50.3. The number of hydrogen-bond donors (Lipinski definition) is 2. The fraction of sp³-hybridized carbons (Fsp3) is 0.154. The van der Waals surface area contributed by atoms with Crippen molar-refractivity contribution in [3.8, 4) is 5.75 Å². The summed E-state index contributed by atoms with van der Waals surface area (Å²) < 4.78 is 15.6. The van der Waals surface area contributed by atoms with Crippen LogP contribution in [-0.4, -0.2) is 48.2 Å². The number of ether oxygens (including phenoxy) is 3. The first kappa shape index (κ1) is 25.0. The second kappa shape index (κ2) is 12.0. The SMILES string of the molecule is COc1ccccc1CNC(=O)[C@H](OC(=O)c1ccccc1)[C@H](OC(=O)c1ccccc1)C(=O)O. The van der Waals surface area contributed by atoms with Crippen LogP contribution in [0.15, 0.2) is 84.9 Å². The zero-order chi connectivity index (χ0) is 25.2. The number of aliphatic carboxylic acids is 1. The van der Waals surface area contributed by atoms with Crippen molar-refractivity contribution in [1.82, 2.24) is 5.32 Å². The number of para-hydroxylation sites is 1. The molecule has 0 aliphatic rings. The largest absolute Gasteiger partial charge is 0.496 e. The second-order valence-corrected chi connectivity index (χ2v) is 7.25. The van der Waals surface area contributed by atoms with Crippen molar-refractivity contribution < 1.29 is 38.5 Å². The van der Waals surface area contributed by atoms with Crippen LogP contribution in [-0.2, 0) is 25.6 Å². The molecule has 3 aromatic carbocycles. The molecule has 1 amide bonds. The van der Waals surface area contributed by atoms with Crippen molar-refractivity contribution in [2.75, 3.05) is 7.11 Å². The van der Waals surface area contributed by atoms with E-state index in [0.29, 0.717) is 11.3 Å². The third kappa shape index (κ3) is 6.67. The van der Waals surface area contributed by atoms with E-state index in [9.17, 15) is 24.3 Å². The van der Waals surface area contributed by atoms with Crippen molar-refractivity contribution in [3.63, 3.8) is 0 Å². The number of esters is 2. The van der Waals surface area contributed by atoms with Gasteiger partial charge in [-0.3, -0.25) is 4.79 Å². The minimum absolute atomic E-state index is 0.0544. The minimum atomic E-state index is -2.10. The highest BCUT2D eigenvalue weighted by molar-refractivity contribution is 5.96. The molecule has 3 aromatic rings. The van der Waals surface area contributed by atoms with Gasteiger partial charge in [0.15, 0.2) is 0 Å². The quantitative estimate of drug-likeness (QED) is 0.427. The number of hydrogen-bond acceptors (Lipinski definition) is 7. The lowest BCUT2D eigenvalue weighted by Gasteiger charge is -2.23. The molecule has 2 atom stereocenters. The van der Waals surface area contributed by atoms with Crippen molar-refractivity contribution in [3.05, 3.63) is 102 Å². The summed E-state index contributed by atoms with van der Waals surface area (Å²) in [5.41, 5.74) is 0.763. The van der Waals surface area contributed by atoms with E-state index >= 15 is 0 Å². The van der Waals surface area contributed by atoms with Gasteiger partial charge in [-0.15, -0.1) is 0 Å². The van der Waals surface area contributed by atoms with E-state index in [1.165, 1.54) is 31.4 Å². The number of carbonyl (C=O) groups is 4. The number of benzene rings is 3. The van der Waals surface area contributed by atoms with Crippen LogP contribution in [0.4, 0.5) is 0 Å². The molecule has 0 heterocycles. The number of carboxylic acid groups (broad SMARTS) is 1. The summed E-state index contributed by atoms with van der Waals surface area (Å²) in [6.45, 7) is -0.0544. The van der Waals surface area contributed by atoms with Gasteiger partial charge in [0, 0.05) is 12.1 Å². The third-order valence-electron chi connectivity index (χ3n) is 4.91. The Hall–Kier alpha value is -4.66. The molecule has 0 saturated carbocycles. The summed E-state index contributed by atoms with van der Waals surface area (Å²) in [5, 5.41) is 12.3. The number of nitrogens with one attached hydrogen (secondary N) is 1. The summed E-state index contributed by atoms with van der Waals surface area (Å²) >= 11 is 0. The van der Waals surface area contributed by atoms with Gasteiger partial charge in [0.25, 0.3) is 5.91 Å². The Bertz CT molecular complexity index is 1180. The fourth-order valence-electron chi connectivity index (χ4n) is 3.14. The van der Waals surface area contributed by atoms with Gasteiger partial charge in [-0.1, -0.05) is 54.6 Å². The van der Waals surface area contributed by atoms with E-state index in [1.54, 1.807) is 60.7 Å². The molecule has 180 valence electrons. The Morgan fingerprint density at radius 1 is 0.743 bits per heavy atom. The summed E-state index contributed by atoms with van der Waals surface area (Å²) in [6, 6.07) is 22.3. The van der Waals surface area contributed by atoms with Gasteiger partial charge in [0.2, 0.25) is 12.2 Å². The first-order valence-corrected chi connectivity index (χ1v) is 10.5. The van der Waals surface area contributed by atoms with E-state index in [1.807, 2.05) is 0 Å². The van der Waals surface area contributed by atoms with Gasteiger partial charge in [-0.05, 0) is 30.3 Å². The van der Waals surface area contributed by atoms with Gasteiger partial charge >= 0.3 is 17.9 Å². The molecule has 0 bridgehead atoms. The first-order valence-electron chi connectivity index (χ1n) is 10.5. The molecule has 0 aromatic heterocycles. The van der Waals surface area contributed by atoms with E-state index < -0.39 is 36.0 Å². The Kier molecular flexibility index (Phi) is 8.55. The lowest BCUT2D eigenvalue weighted by atomic mass is 10.1. The molecule has 0 aliphatic heterocycles. The minimum Gasteiger partial charge on any atom is -0.496 e. The van der Waals surface area contributed by atoms with Gasteiger partial charge in [-0.25, -0.2) is 14.4 Å². The van der Waals surface area contributed by atoms with Crippen LogP contribution < -0.4 is 10.1 Å². The van der Waals surface area contributed by atoms with Crippen LogP contribution in [0.25, 0.3) is 0 Å². The Balaban J connectivity index is 1.85. The molecule has 35 heavy (non-hydrogen) atoms. The van der Waals surface area contributed by atoms with Crippen LogP contribution in [0.5, 0.6) is 5.75 Å². The number of rotatable bonds is 10. The highest BCUT2D eigenvalue weighted by atomic mass is 16.6. The van der Waals surface area contributed by atoms with E-state index in [0.717, 1.165) is 0 Å². The zero-order valence-corrected chi connectivity index (χ0v) is 18.7. The van der Waals surface area contributed by atoms with Crippen LogP contribution in [0.1, 0.15) is 26.3 Å². The van der Waals surface area contributed by atoms with Crippen molar-refractivity contribution in [2.45, 2.75) is 18.8 Å². The zero-order valence-electron chi connectivity index (χ0n) is 18.7. The predicted octanol–water partition coefficient (Wildman–Crippen LogP) is 2.85. The van der Waals surface area contributed by atoms with Gasteiger partial charge in [0.05, 0.1) is 18.2 Å². The molecular formula is C26H23NO8. The molecule has 0 spiro atoms. The molecule has 0 unspecified atom stereocenters. The van der Waals surface area contributed by atoms with Crippen molar-refractivity contribution in [2.24, 2.45) is 0 Å². The smallest absolute Gasteiger partial charge is 0.349 e. The number of carboxylic acids is 1. The maximum Gasteiger partial charge on any atom is 0.349 e. The second-order valence-electron chi connectivity index (χ2n) is 7.25. The predicted molar refractivity (Wildman–Crippen MR) is 124 cm³/mol. The average molecular weight is 477 g/mol. The molecule has 0 saturated heterocycles. The maximum absolute atomic E-state index is 13.1. The highest BCUT2D eigenvalue weighted by Crippen LogP contribution is 2.18. The Morgan fingerprint density at radius 3 is 1.74 bits per heavy atom. The number of methoxy groups -OCH3 is 1. The molecule has 2 N–H and O–H groups in total. The highest BCUT2D eigenvalue weighted by Gasteiger charge is 2.40. The van der Waals surface area contributed by atoms with Gasteiger partial charge in [0.1, 0.15) is 5.75 Å². The molecule has 0 radical (unpaired) electrons. The van der Waals surface area contributed by atoms with Crippen LogP contribution in [0.3, 0.4) is 0 Å². The Morgan fingerprint density at radius 2 is 1.23 bits per heavy atom. The summed E-state index contributed by atoms with van der Waals surface area (Å²) in [5.74, 6) is -4.07. The van der Waals surface area contributed by atoms with Crippen molar-refractivity contribution in [1.29, 1.82) is 0 Å². The fourth-order valence-corrected chi connectivity index (χ4v) is 3.14. The Labute approximate surface area is 201 Å². The first-order chi connectivity index (χ1) is 16.9. The average Bonchev–Trinajstić information content (AvgIpc) is 2.89. The lowest BCUT2D eigenvalue weighted by Crippen LogP contribution is -2.50. The molecule has 0 fully saturated rings. The maximum atomic E-state index is 13.1. The summed E-state index contributed by atoms with van der Waals surface area (Å²) in [6.07, 6.45) is -4.07. The molecule has 9 nitrogen and oxygen atoms in total. The molecule has 3 rings (SSSR count). The van der Waals surface area contributed by atoms with Gasteiger partial charge in [-0.2, -0.15) is 0 Å². The summed E-state index contributed by atoms with van der Waals surface area (Å²) in [7, 11) is 1.47. The van der Waals surface area contributed by atoms with Crippen LogP contribution in [0.2, 0.25) is 0 Å².